The highest BCUT2D eigenvalue weighted by atomic mass is 16.2. The van der Waals surface area contributed by atoms with E-state index in [1.807, 2.05) is 12.1 Å². The van der Waals surface area contributed by atoms with E-state index in [1.165, 1.54) is 23.2 Å². The summed E-state index contributed by atoms with van der Waals surface area (Å²) in [5, 5.41) is 3.06. The lowest BCUT2D eigenvalue weighted by atomic mass is 10.1. The van der Waals surface area contributed by atoms with Crippen LogP contribution in [-0.4, -0.2) is 24.6 Å². The normalized spacial score (nSPS) is 13.4. The maximum Gasteiger partial charge on any atom is 0.332 e. The molecule has 2 aromatic heterocycles. The van der Waals surface area contributed by atoms with Gasteiger partial charge in [0.2, 0.25) is 5.95 Å². The van der Waals surface area contributed by atoms with Crippen molar-refractivity contribution >= 4 is 23.0 Å². The largest absolute Gasteiger partial charge is 0.351 e. The fourth-order valence-corrected chi connectivity index (χ4v) is 2.89. The molecule has 0 unspecified atom stereocenters. The number of nitrogens with one attached hydrogen (secondary N) is 1. The third-order valence-electron chi connectivity index (χ3n) is 4.15. The van der Waals surface area contributed by atoms with Crippen molar-refractivity contribution in [3.63, 3.8) is 0 Å². The van der Waals surface area contributed by atoms with Crippen molar-refractivity contribution in [3.8, 4) is 0 Å². The molecule has 0 bridgehead atoms. The minimum atomic E-state index is -0.545. The zero-order valence-corrected chi connectivity index (χ0v) is 12.5. The molecule has 1 aliphatic rings. The summed E-state index contributed by atoms with van der Waals surface area (Å²) in [6, 6.07) is 7.19. The number of nitrogens with zero attached hydrogens (tertiary/aromatic N) is 4. The lowest BCUT2D eigenvalue weighted by Gasteiger charge is -2.06. The summed E-state index contributed by atoms with van der Waals surface area (Å²) in [7, 11) is 2.90. The first-order valence-corrected chi connectivity index (χ1v) is 7.05. The summed E-state index contributed by atoms with van der Waals surface area (Å²) in [5.74, 6) is -0.0710. The van der Waals surface area contributed by atoms with Gasteiger partial charge in [0.05, 0.1) is 0 Å². The number of aromatic nitrogens is 4. The van der Waals surface area contributed by atoms with E-state index in [-0.39, 0.29) is 23.0 Å². The van der Waals surface area contributed by atoms with E-state index >= 15 is 0 Å². The molecule has 3 heterocycles. The lowest BCUT2D eigenvalue weighted by Crippen LogP contribution is -2.38. The van der Waals surface area contributed by atoms with Gasteiger partial charge in [-0.05, 0) is 11.6 Å². The average Bonchev–Trinajstić information content (AvgIpc) is 2.89. The van der Waals surface area contributed by atoms with Gasteiger partial charge in [-0.25, -0.2) is 9.36 Å². The van der Waals surface area contributed by atoms with Crippen LogP contribution >= 0.6 is 0 Å². The van der Waals surface area contributed by atoms with Gasteiger partial charge in [0.25, 0.3) is 11.5 Å². The number of fused-ring (bicyclic) bond motifs is 4. The number of carbonyl (C=O) groups excluding carboxylic acids is 1. The fourth-order valence-electron chi connectivity index (χ4n) is 2.89. The standard InChI is InChI=1S/C15H13N5O3/c1-18-11-10(13(22)19(2)15(18)23)20-12(21)9-6-4-3-5-8(9)7-16-14(20)17-11/h3-6H,7H2,1-2H3,(H,16,17). The second-order valence-electron chi connectivity index (χ2n) is 5.46. The Bertz CT molecular complexity index is 1100. The van der Waals surface area contributed by atoms with Crippen LogP contribution in [0.4, 0.5) is 5.95 Å². The Labute approximate surface area is 129 Å². The van der Waals surface area contributed by atoms with Crippen LogP contribution in [0, 0.1) is 0 Å². The van der Waals surface area contributed by atoms with E-state index in [2.05, 4.69) is 10.3 Å². The van der Waals surface area contributed by atoms with E-state index in [0.717, 1.165) is 10.1 Å². The van der Waals surface area contributed by atoms with Gasteiger partial charge in [0.1, 0.15) is 0 Å². The maximum absolute atomic E-state index is 12.9. The fraction of sp³-hybridized carbons (Fsp3) is 0.200. The van der Waals surface area contributed by atoms with E-state index < -0.39 is 11.2 Å². The van der Waals surface area contributed by atoms with Crippen molar-refractivity contribution in [1.82, 2.24) is 18.7 Å². The first-order valence-electron chi connectivity index (χ1n) is 7.05. The third-order valence-corrected chi connectivity index (χ3v) is 4.15. The Hall–Kier alpha value is -3.16. The first kappa shape index (κ1) is 13.5. The first-order chi connectivity index (χ1) is 11.0. The molecule has 0 amide bonds. The number of carbonyl (C=O) groups is 1. The molecule has 8 heteroatoms. The second-order valence-corrected chi connectivity index (χ2v) is 5.46. The van der Waals surface area contributed by atoms with Gasteiger partial charge in [-0.15, -0.1) is 0 Å². The molecule has 4 rings (SSSR count). The average molecular weight is 311 g/mol. The number of anilines is 1. The number of hydrogen-bond donors (Lipinski definition) is 1. The Morgan fingerprint density at radius 3 is 2.61 bits per heavy atom. The van der Waals surface area contributed by atoms with E-state index in [1.54, 1.807) is 12.1 Å². The Balaban J connectivity index is 2.16. The number of imidazole rings is 1. The van der Waals surface area contributed by atoms with Crippen LogP contribution in [0.3, 0.4) is 0 Å². The van der Waals surface area contributed by atoms with Crippen LogP contribution in [0.25, 0.3) is 11.2 Å². The molecule has 0 atom stereocenters. The maximum atomic E-state index is 12.9. The van der Waals surface area contributed by atoms with Crippen LogP contribution in [0.15, 0.2) is 33.9 Å². The predicted molar refractivity (Wildman–Crippen MR) is 83.7 cm³/mol. The Morgan fingerprint density at radius 2 is 1.83 bits per heavy atom. The summed E-state index contributed by atoms with van der Waals surface area (Å²) in [6.07, 6.45) is 0. The lowest BCUT2D eigenvalue weighted by molar-refractivity contribution is 0.0967. The van der Waals surface area contributed by atoms with Crippen LogP contribution in [0.5, 0.6) is 0 Å². The molecular weight excluding hydrogens is 298 g/mol. The second kappa shape index (κ2) is 4.42. The van der Waals surface area contributed by atoms with Crippen molar-refractivity contribution in [2.75, 3.05) is 5.32 Å². The molecule has 0 aliphatic carbocycles. The summed E-state index contributed by atoms with van der Waals surface area (Å²) in [5.41, 5.74) is 0.596. The number of rotatable bonds is 0. The zero-order valence-electron chi connectivity index (χ0n) is 12.5. The van der Waals surface area contributed by atoms with Crippen LogP contribution < -0.4 is 16.6 Å². The smallest absolute Gasteiger partial charge is 0.332 e. The van der Waals surface area contributed by atoms with Gasteiger partial charge in [0.15, 0.2) is 11.2 Å². The van der Waals surface area contributed by atoms with Gasteiger partial charge in [-0.1, -0.05) is 18.2 Å². The highest BCUT2D eigenvalue weighted by Crippen LogP contribution is 2.23. The predicted octanol–water partition coefficient (Wildman–Crippen LogP) is 0.0477. The summed E-state index contributed by atoms with van der Waals surface area (Å²) in [4.78, 5) is 41.7. The molecule has 0 saturated heterocycles. The quantitative estimate of drug-likeness (QED) is 0.633. The van der Waals surface area contributed by atoms with Crippen LogP contribution in [0.2, 0.25) is 0 Å². The molecule has 0 radical (unpaired) electrons. The molecule has 1 N–H and O–H groups in total. The molecule has 1 aromatic carbocycles. The van der Waals surface area contributed by atoms with Crippen molar-refractivity contribution in [3.05, 3.63) is 56.2 Å². The molecular formula is C15H13N5O3. The molecule has 0 saturated carbocycles. The van der Waals surface area contributed by atoms with Crippen molar-refractivity contribution in [1.29, 1.82) is 0 Å². The van der Waals surface area contributed by atoms with E-state index in [9.17, 15) is 14.4 Å². The molecule has 3 aromatic rings. The van der Waals surface area contributed by atoms with Gasteiger partial charge in [0, 0.05) is 26.2 Å². The van der Waals surface area contributed by atoms with Crippen LogP contribution in [-0.2, 0) is 20.6 Å². The zero-order chi connectivity index (χ0) is 16.3. The van der Waals surface area contributed by atoms with E-state index in [0.29, 0.717) is 12.1 Å². The van der Waals surface area contributed by atoms with Gasteiger partial charge in [-0.3, -0.25) is 18.7 Å². The van der Waals surface area contributed by atoms with Gasteiger partial charge >= 0.3 is 5.69 Å². The highest BCUT2D eigenvalue weighted by Gasteiger charge is 2.27. The topological polar surface area (TPSA) is 90.9 Å². The molecule has 23 heavy (non-hydrogen) atoms. The number of hydrogen-bond acceptors (Lipinski definition) is 5. The van der Waals surface area contributed by atoms with Crippen molar-refractivity contribution < 1.29 is 4.79 Å². The Morgan fingerprint density at radius 1 is 1.09 bits per heavy atom. The molecule has 0 spiro atoms. The number of benzene rings is 1. The molecule has 8 nitrogen and oxygen atoms in total. The summed E-state index contributed by atoms with van der Waals surface area (Å²) >= 11 is 0. The highest BCUT2D eigenvalue weighted by molar-refractivity contribution is 6.04. The monoisotopic (exact) mass is 311 g/mol. The van der Waals surface area contributed by atoms with E-state index in [4.69, 9.17) is 0 Å². The minimum Gasteiger partial charge on any atom is -0.351 e. The van der Waals surface area contributed by atoms with Crippen molar-refractivity contribution in [2.45, 2.75) is 6.54 Å². The van der Waals surface area contributed by atoms with Gasteiger partial charge in [-0.2, -0.15) is 4.98 Å². The SMILES string of the molecule is Cn1c(=O)c2c(nc3n2C(=O)c2ccccc2CN3)n(C)c1=O. The molecule has 1 aliphatic heterocycles. The van der Waals surface area contributed by atoms with Crippen LogP contribution in [0.1, 0.15) is 15.9 Å². The van der Waals surface area contributed by atoms with Gasteiger partial charge < -0.3 is 5.32 Å². The molecule has 116 valence electrons. The third kappa shape index (κ3) is 1.65. The minimum absolute atomic E-state index is 0.0961. The molecule has 0 fully saturated rings. The Kier molecular flexibility index (Phi) is 2.59. The summed E-state index contributed by atoms with van der Waals surface area (Å²) in [6.45, 7) is 0.416. The summed E-state index contributed by atoms with van der Waals surface area (Å²) < 4.78 is 3.49. The van der Waals surface area contributed by atoms with Crippen molar-refractivity contribution in [2.24, 2.45) is 14.1 Å². The number of aryl methyl sites for hydroxylation is 1.